The van der Waals surface area contributed by atoms with Gasteiger partial charge in [0.2, 0.25) is 3.79 Å². The van der Waals surface area contributed by atoms with Crippen molar-refractivity contribution < 1.29 is 38.2 Å². The van der Waals surface area contributed by atoms with E-state index in [9.17, 15) is 24.0 Å². The topological polar surface area (TPSA) is 189 Å². The molecule has 4 atom stereocenters. The number of alkyl halides is 3. The number of carbonyl (C=O) groups is 5. The third-order valence-electron chi connectivity index (χ3n) is 9.60. The van der Waals surface area contributed by atoms with Gasteiger partial charge in [0.05, 0.1) is 22.7 Å². The maximum atomic E-state index is 14.1. The smallest absolute Gasteiger partial charge is 0.408 e. The highest BCUT2D eigenvalue weighted by Gasteiger charge is 2.43. The minimum atomic E-state index is -1.78. The minimum absolute atomic E-state index is 0.276. The van der Waals surface area contributed by atoms with Gasteiger partial charge in [0.1, 0.15) is 24.3 Å². The summed E-state index contributed by atoms with van der Waals surface area (Å²) >= 11 is 17.1. The normalized spacial score (nSPS) is 20.8. The number of amides is 3. The average Bonchev–Trinajstić information content (AvgIpc) is 3.13. The van der Waals surface area contributed by atoms with E-state index >= 15 is 0 Å². The van der Waals surface area contributed by atoms with Crippen LogP contribution in [0.5, 0.6) is 0 Å². The minimum Gasteiger partial charge on any atom is -0.460 e. The zero-order chi connectivity index (χ0) is 42.3. The Hall–Kier alpha value is -3.98. The Bertz CT molecular complexity index is 1850. The summed E-state index contributed by atoms with van der Waals surface area (Å²) in [6, 6.07) is 7.15. The second-order valence-electron chi connectivity index (χ2n) is 16.0. The van der Waals surface area contributed by atoms with E-state index in [1.165, 1.54) is 11.9 Å². The van der Waals surface area contributed by atoms with Gasteiger partial charge in [0.15, 0.2) is 6.10 Å². The maximum absolute atomic E-state index is 14.1. The SMILES string of the molecule is CC(C)[C@H](OC(=O)C1(/C=C/c2ccc3ccc([C@@H](C)NC(=O)OC(C)(C)C)nc3c2)CCC(=N)CC1)C(=O)N[C@@H](C)C(=O)N1CCC[C@@H](C(=O)OCC(Cl)(Cl)Cl)N1. The molecule has 4 N–H and O–H groups in total. The number of hydrogen-bond acceptors (Lipinski definition) is 11. The summed E-state index contributed by atoms with van der Waals surface area (Å²) in [5.74, 6) is -2.89. The number of hydrazine groups is 1. The van der Waals surface area contributed by atoms with E-state index < -0.39 is 81.4 Å². The quantitative estimate of drug-likeness (QED) is 0.0994. The monoisotopic (exact) mass is 850 g/mol. The molecule has 3 amide bonds. The van der Waals surface area contributed by atoms with Crippen LogP contribution < -0.4 is 16.1 Å². The molecule has 312 valence electrons. The van der Waals surface area contributed by atoms with Crippen LogP contribution in [0.1, 0.15) is 104 Å². The molecule has 2 heterocycles. The van der Waals surface area contributed by atoms with Gasteiger partial charge in [-0.1, -0.05) is 79.0 Å². The van der Waals surface area contributed by atoms with Gasteiger partial charge in [-0.15, -0.1) is 0 Å². The highest BCUT2D eigenvalue weighted by molar-refractivity contribution is 6.67. The fourth-order valence-corrected chi connectivity index (χ4v) is 6.59. The lowest BCUT2D eigenvalue weighted by atomic mass is 9.73. The van der Waals surface area contributed by atoms with Crippen LogP contribution in [-0.2, 0) is 33.4 Å². The molecule has 2 aliphatic rings. The van der Waals surface area contributed by atoms with E-state index in [4.69, 9.17) is 59.4 Å². The van der Waals surface area contributed by atoms with Gasteiger partial charge in [-0.3, -0.25) is 29.2 Å². The van der Waals surface area contributed by atoms with Crippen molar-refractivity contribution in [2.45, 2.75) is 121 Å². The fraction of sp³-hybridized carbons (Fsp3) is 0.575. The largest absolute Gasteiger partial charge is 0.460 e. The first-order chi connectivity index (χ1) is 26.6. The summed E-state index contributed by atoms with van der Waals surface area (Å²) in [6.07, 6.45) is 4.12. The first kappa shape index (κ1) is 45.7. The Labute approximate surface area is 348 Å². The van der Waals surface area contributed by atoms with Gasteiger partial charge < -0.3 is 30.3 Å². The highest BCUT2D eigenvalue weighted by Crippen LogP contribution is 2.39. The predicted molar refractivity (Wildman–Crippen MR) is 219 cm³/mol. The lowest BCUT2D eigenvalue weighted by Crippen LogP contribution is -2.60. The van der Waals surface area contributed by atoms with Gasteiger partial charge in [-0.2, -0.15) is 0 Å². The molecule has 0 unspecified atom stereocenters. The number of pyridine rings is 1. The molecule has 4 rings (SSSR count). The van der Waals surface area contributed by atoms with E-state index in [0.29, 0.717) is 55.4 Å². The van der Waals surface area contributed by atoms with Crippen molar-refractivity contribution in [3.8, 4) is 0 Å². The summed E-state index contributed by atoms with van der Waals surface area (Å²) in [4.78, 5) is 70.8. The fourth-order valence-electron chi connectivity index (χ4n) is 6.43. The van der Waals surface area contributed by atoms with Crippen LogP contribution in [-0.4, -0.2) is 86.3 Å². The van der Waals surface area contributed by atoms with Crippen molar-refractivity contribution in [1.29, 1.82) is 5.41 Å². The molecule has 1 aromatic heterocycles. The van der Waals surface area contributed by atoms with Gasteiger partial charge in [-0.05, 0) is 96.8 Å². The standard InChI is InChI=1S/C40H53Cl3N6O8/c1-23(2)32(33(50)45-25(4)34(51)49-20-8-9-30(48-49)35(52)55-22-40(41,42)43)56-36(53)39(18-15-28(44)16-19-39)17-14-26-10-11-27-12-13-29(47-31(27)21-26)24(3)46-37(54)57-38(5,6)7/h10-14,17,21,23-25,30,32,44,48H,8-9,15-16,18-20,22H2,1-7H3,(H,45,50)(H,46,54)/b17-14+,44-28?/t24-,25+,30+,32+,39?/m1/s1. The lowest BCUT2D eigenvalue weighted by Gasteiger charge is -2.35. The molecule has 1 aromatic carbocycles. The summed E-state index contributed by atoms with van der Waals surface area (Å²) in [5.41, 5.74) is 3.70. The lowest BCUT2D eigenvalue weighted by molar-refractivity contribution is -0.167. The number of alkyl carbamates (subject to hydrolysis) is 1. The molecule has 17 heteroatoms. The van der Waals surface area contributed by atoms with Gasteiger partial charge >= 0.3 is 18.0 Å². The zero-order valence-corrected chi connectivity index (χ0v) is 35.6. The zero-order valence-electron chi connectivity index (χ0n) is 33.4. The van der Waals surface area contributed by atoms with Crippen LogP contribution in [0.25, 0.3) is 17.0 Å². The number of fused-ring (bicyclic) bond motifs is 1. The second-order valence-corrected chi connectivity index (χ2v) is 18.5. The summed E-state index contributed by atoms with van der Waals surface area (Å²) in [7, 11) is 0. The van der Waals surface area contributed by atoms with Crippen molar-refractivity contribution in [2.24, 2.45) is 11.3 Å². The Kier molecular flexibility index (Phi) is 15.4. The number of nitrogens with zero attached hydrogens (tertiary/aromatic N) is 2. The molecule has 0 radical (unpaired) electrons. The number of aromatic nitrogens is 1. The number of hydrogen-bond donors (Lipinski definition) is 4. The predicted octanol–water partition coefficient (Wildman–Crippen LogP) is 6.90. The molecular formula is C40H53Cl3N6O8. The highest BCUT2D eigenvalue weighted by atomic mass is 35.6. The molecular weight excluding hydrogens is 799 g/mol. The molecule has 1 saturated heterocycles. The van der Waals surface area contributed by atoms with Crippen molar-refractivity contribution in [3.63, 3.8) is 0 Å². The molecule has 0 bridgehead atoms. The van der Waals surface area contributed by atoms with Crippen LogP contribution in [0.3, 0.4) is 0 Å². The molecule has 14 nitrogen and oxygen atoms in total. The molecule has 1 saturated carbocycles. The van der Waals surface area contributed by atoms with Crippen molar-refractivity contribution >= 4 is 87.3 Å². The van der Waals surface area contributed by atoms with E-state index in [1.54, 1.807) is 40.7 Å². The number of nitrogens with one attached hydrogen (secondary N) is 4. The summed E-state index contributed by atoms with van der Waals surface area (Å²) in [6.45, 7) is 12.0. The van der Waals surface area contributed by atoms with Crippen LogP contribution in [0.15, 0.2) is 36.4 Å². The summed E-state index contributed by atoms with van der Waals surface area (Å²) < 4.78 is 14.6. The molecule has 2 aromatic rings. The Morgan fingerprint density at radius 2 is 1.70 bits per heavy atom. The third-order valence-corrected chi connectivity index (χ3v) is 9.93. The van der Waals surface area contributed by atoms with Crippen molar-refractivity contribution in [1.82, 2.24) is 26.1 Å². The van der Waals surface area contributed by atoms with E-state index in [-0.39, 0.29) is 6.54 Å². The maximum Gasteiger partial charge on any atom is 0.408 e. The van der Waals surface area contributed by atoms with Crippen LogP contribution in [0, 0.1) is 16.7 Å². The number of carbonyl (C=O) groups excluding carboxylic acids is 5. The molecule has 0 spiro atoms. The number of benzene rings is 1. The average molecular weight is 852 g/mol. The Morgan fingerprint density at radius 3 is 2.33 bits per heavy atom. The van der Waals surface area contributed by atoms with E-state index in [1.807, 2.05) is 43.3 Å². The third kappa shape index (κ3) is 13.3. The number of ether oxygens (including phenoxy) is 3. The molecule has 1 aliphatic carbocycles. The number of rotatable bonds is 12. The van der Waals surface area contributed by atoms with Gasteiger partial charge in [0.25, 0.3) is 11.8 Å². The van der Waals surface area contributed by atoms with Gasteiger partial charge in [0, 0.05) is 17.6 Å². The van der Waals surface area contributed by atoms with E-state index in [2.05, 4.69) is 16.1 Å². The Balaban J connectivity index is 1.46. The van der Waals surface area contributed by atoms with Gasteiger partial charge in [-0.25, -0.2) is 10.2 Å². The Morgan fingerprint density at radius 1 is 1.04 bits per heavy atom. The molecule has 57 heavy (non-hydrogen) atoms. The molecule has 1 aliphatic heterocycles. The summed E-state index contributed by atoms with van der Waals surface area (Å²) in [5, 5.41) is 15.8. The van der Waals surface area contributed by atoms with Crippen LogP contribution >= 0.6 is 34.8 Å². The second kappa shape index (κ2) is 19.2. The van der Waals surface area contributed by atoms with E-state index in [0.717, 1.165) is 10.9 Å². The van der Waals surface area contributed by atoms with Crippen LogP contribution in [0.2, 0.25) is 0 Å². The first-order valence-corrected chi connectivity index (χ1v) is 20.2. The molecule has 2 fully saturated rings. The number of halogens is 3. The van der Waals surface area contributed by atoms with Crippen LogP contribution in [0.4, 0.5) is 4.79 Å². The number of esters is 2. The van der Waals surface area contributed by atoms with Crippen molar-refractivity contribution in [2.75, 3.05) is 13.2 Å². The van der Waals surface area contributed by atoms with Crippen molar-refractivity contribution in [3.05, 3.63) is 47.7 Å². The first-order valence-electron chi connectivity index (χ1n) is 19.0.